The molecule has 2 aromatic rings. The normalized spacial score (nSPS) is 10.6. The molecule has 0 unspecified atom stereocenters. The number of nitrogens with one attached hydrogen (secondary N) is 1. The molecule has 0 saturated carbocycles. The lowest BCUT2D eigenvalue weighted by Crippen LogP contribution is -2.18. The highest BCUT2D eigenvalue weighted by molar-refractivity contribution is 5.89. The number of ether oxygens (including phenoxy) is 2. The van der Waals surface area contributed by atoms with Crippen LogP contribution in [-0.2, 0) is 16.0 Å². The highest BCUT2D eigenvalue weighted by atomic mass is 16.5. The number of benzene rings is 1. The van der Waals surface area contributed by atoms with Crippen LogP contribution in [0.2, 0.25) is 0 Å². The summed E-state index contributed by atoms with van der Waals surface area (Å²) in [6.45, 7) is 2.10. The Morgan fingerprint density at radius 1 is 1.14 bits per heavy atom. The van der Waals surface area contributed by atoms with Gasteiger partial charge in [-0.15, -0.1) is 0 Å². The highest BCUT2D eigenvalue weighted by Gasteiger charge is 2.08. The molecule has 1 aromatic heterocycles. The number of furan rings is 1. The molecule has 0 amide bonds. The van der Waals surface area contributed by atoms with Crippen LogP contribution in [0, 0.1) is 0 Å². The number of carbonyl (C=O) groups is 1. The summed E-state index contributed by atoms with van der Waals surface area (Å²) in [5.74, 6) is 1.29. The molecule has 0 spiro atoms. The number of methoxy groups -OCH3 is 2. The number of hydrogen-bond donors (Lipinski definition) is 1. The van der Waals surface area contributed by atoms with Gasteiger partial charge in [0.15, 0.2) is 0 Å². The molecular formula is C16H19NO4. The molecule has 0 aliphatic heterocycles. The molecule has 112 valence electrons. The van der Waals surface area contributed by atoms with E-state index in [-0.39, 0.29) is 5.97 Å². The number of carbonyl (C=O) groups excluding carboxylic acids is 1. The van der Waals surface area contributed by atoms with Gasteiger partial charge in [0.1, 0.15) is 11.5 Å². The largest absolute Gasteiger partial charge is 0.465 e. The Morgan fingerprint density at radius 2 is 1.90 bits per heavy atom. The summed E-state index contributed by atoms with van der Waals surface area (Å²) in [5.41, 5.74) is 1.44. The van der Waals surface area contributed by atoms with E-state index < -0.39 is 0 Å². The Labute approximate surface area is 123 Å². The van der Waals surface area contributed by atoms with Crippen molar-refractivity contribution in [3.05, 3.63) is 47.7 Å². The van der Waals surface area contributed by atoms with Gasteiger partial charge in [-0.25, -0.2) is 4.79 Å². The quantitative estimate of drug-likeness (QED) is 0.627. The van der Waals surface area contributed by atoms with E-state index in [1.54, 1.807) is 19.2 Å². The smallest absolute Gasteiger partial charge is 0.337 e. The van der Waals surface area contributed by atoms with E-state index in [0.717, 1.165) is 23.6 Å². The Balaban J connectivity index is 1.99. The van der Waals surface area contributed by atoms with Crippen LogP contribution in [0.1, 0.15) is 16.1 Å². The molecule has 2 rings (SSSR count). The van der Waals surface area contributed by atoms with Crippen molar-refractivity contribution in [2.45, 2.75) is 6.54 Å². The fourth-order valence-electron chi connectivity index (χ4n) is 1.90. The zero-order chi connectivity index (χ0) is 15.1. The second-order valence-corrected chi connectivity index (χ2v) is 4.50. The third-order valence-corrected chi connectivity index (χ3v) is 3.03. The molecule has 0 aliphatic rings. The van der Waals surface area contributed by atoms with E-state index in [0.29, 0.717) is 18.7 Å². The number of rotatable bonds is 7. The van der Waals surface area contributed by atoms with Crippen LogP contribution in [0.4, 0.5) is 0 Å². The molecule has 0 bridgehead atoms. The molecule has 0 fully saturated rings. The van der Waals surface area contributed by atoms with Crippen molar-refractivity contribution in [1.82, 2.24) is 5.32 Å². The van der Waals surface area contributed by atoms with Crippen molar-refractivity contribution in [3.8, 4) is 11.3 Å². The molecular weight excluding hydrogens is 270 g/mol. The zero-order valence-corrected chi connectivity index (χ0v) is 12.2. The van der Waals surface area contributed by atoms with Gasteiger partial charge < -0.3 is 19.2 Å². The van der Waals surface area contributed by atoms with Gasteiger partial charge in [-0.2, -0.15) is 0 Å². The first kappa shape index (κ1) is 15.3. The van der Waals surface area contributed by atoms with E-state index >= 15 is 0 Å². The lowest BCUT2D eigenvalue weighted by molar-refractivity contribution is 0.0600. The van der Waals surface area contributed by atoms with Gasteiger partial charge in [0.2, 0.25) is 0 Å². The minimum atomic E-state index is -0.343. The molecule has 21 heavy (non-hydrogen) atoms. The van der Waals surface area contributed by atoms with Crippen molar-refractivity contribution in [1.29, 1.82) is 0 Å². The Hall–Kier alpha value is -2.11. The van der Waals surface area contributed by atoms with E-state index in [9.17, 15) is 4.79 Å². The van der Waals surface area contributed by atoms with Crippen molar-refractivity contribution in [2.24, 2.45) is 0 Å². The molecule has 1 aromatic carbocycles. The SMILES string of the molecule is COCCNCc1ccc(-c2ccc(C(=O)OC)cc2)o1. The van der Waals surface area contributed by atoms with Crippen molar-refractivity contribution >= 4 is 5.97 Å². The Bertz CT molecular complexity index is 574. The zero-order valence-electron chi connectivity index (χ0n) is 12.2. The average Bonchev–Trinajstić information content (AvgIpc) is 3.00. The summed E-state index contributed by atoms with van der Waals surface area (Å²) < 4.78 is 15.4. The summed E-state index contributed by atoms with van der Waals surface area (Å²) >= 11 is 0. The number of esters is 1. The molecule has 0 radical (unpaired) electrons. The fraction of sp³-hybridized carbons (Fsp3) is 0.312. The van der Waals surface area contributed by atoms with E-state index in [1.165, 1.54) is 7.11 Å². The second-order valence-electron chi connectivity index (χ2n) is 4.50. The average molecular weight is 289 g/mol. The van der Waals surface area contributed by atoms with Gasteiger partial charge in [-0.05, 0) is 24.3 Å². The lowest BCUT2D eigenvalue weighted by Gasteiger charge is -2.02. The molecule has 1 heterocycles. The van der Waals surface area contributed by atoms with Crippen LogP contribution in [0.25, 0.3) is 11.3 Å². The van der Waals surface area contributed by atoms with Crippen LogP contribution >= 0.6 is 0 Å². The maximum absolute atomic E-state index is 11.4. The summed E-state index contributed by atoms with van der Waals surface area (Å²) in [7, 11) is 3.04. The van der Waals surface area contributed by atoms with E-state index in [1.807, 2.05) is 24.3 Å². The maximum atomic E-state index is 11.4. The first-order chi connectivity index (χ1) is 10.2. The minimum absolute atomic E-state index is 0.343. The van der Waals surface area contributed by atoms with Gasteiger partial charge in [0.05, 0.1) is 25.8 Å². The third-order valence-electron chi connectivity index (χ3n) is 3.03. The molecule has 1 N–H and O–H groups in total. The van der Waals surface area contributed by atoms with Gasteiger partial charge >= 0.3 is 5.97 Å². The summed E-state index contributed by atoms with van der Waals surface area (Å²) in [6.07, 6.45) is 0. The maximum Gasteiger partial charge on any atom is 0.337 e. The standard InChI is InChI=1S/C16H19NO4/c1-19-10-9-17-11-14-7-8-15(21-14)12-3-5-13(6-4-12)16(18)20-2/h3-8,17H,9-11H2,1-2H3. The van der Waals surface area contributed by atoms with Gasteiger partial charge in [0, 0.05) is 19.2 Å². The highest BCUT2D eigenvalue weighted by Crippen LogP contribution is 2.22. The van der Waals surface area contributed by atoms with Crippen molar-refractivity contribution in [3.63, 3.8) is 0 Å². The van der Waals surface area contributed by atoms with E-state index in [2.05, 4.69) is 10.1 Å². The van der Waals surface area contributed by atoms with Gasteiger partial charge in [0.25, 0.3) is 0 Å². The predicted octanol–water partition coefficient (Wildman–Crippen LogP) is 2.47. The first-order valence-corrected chi connectivity index (χ1v) is 6.71. The van der Waals surface area contributed by atoms with Gasteiger partial charge in [-0.1, -0.05) is 12.1 Å². The molecule has 0 saturated heterocycles. The summed E-state index contributed by atoms with van der Waals surface area (Å²) in [4.78, 5) is 11.4. The molecule has 0 aliphatic carbocycles. The van der Waals surface area contributed by atoms with Crippen LogP contribution < -0.4 is 5.32 Å². The van der Waals surface area contributed by atoms with E-state index in [4.69, 9.17) is 9.15 Å². The Kier molecular flexibility index (Phi) is 5.54. The number of hydrogen-bond acceptors (Lipinski definition) is 5. The predicted molar refractivity (Wildman–Crippen MR) is 79.1 cm³/mol. The van der Waals surface area contributed by atoms with Crippen LogP contribution in [0.5, 0.6) is 0 Å². The fourth-order valence-corrected chi connectivity index (χ4v) is 1.90. The lowest BCUT2D eigenvalue weighted by atomic mass is 10.1. The van der Waals surface area contributed by atoms with Crippen LogP contribution in [-0.4, -0.2) is 33.3 Å². The Morgan fingerprint density at radius 3 is 2.57 bits per heavy atom. The van der Waals surface area contributed by atoms with Crippen LogP contribution in [0.15, 0.2) is 40.8 Å². The summed E-state index contributed by atoms with van der Waals surface area (Å²) in [5, 5.41) is 3.22. The van der Waals surface area contributed by atoms with Crippen LogP contribution in [0.3, 0.4) is 0 Å². The van der Waals surface area contributed by atoms with Crippen molar-refractivity contribution < 1.29 is 18.7 Å². The topological polar surface area (TPSA) is 60.7 Å². The van der Waals surface area contributed by atoms with Crippen molar-refractivity contribution in [2.75, 3.05) is 27.4 Å². The summed E-state index contributed by atoms with van der Waals surface area (Å²) in [6, 6.07) is 11.0. The minimum Gasteiger partial charge on any atom is -0.465 e. The monoisotopic (exact) mass is 289 g/mol. The first-order valence-electron chi connectivity index (χ1n) is 6.71. The molecule has 0 atom stereocenters. The van der Waals surface area contributed by atoms with Gasteiger partial charge in [-0.3, -0.25) is 0 Å². The molecule has 5 nitrogen and oxygen atoms in total. The second kappa shape index (κ2) is 7.61. The molecule has 5 heteroatoms. The third kappa shape index (κ3) is 4.18.